The van der Waals surface area contributed by atoms with Crippen molar-refractivity contribution in [3.63, 3.8) is 0 Å². The van der Waals surface area contributed by atoms with Gasteiger partial charge in [-0.15, -0.1) is 11.8 Å². The minimum Gasteiger partial charge on any atom is -0.271 e. The number of thioether (sulfide) groups is 1. The molecule has 0 bridgehead atoms. The number of nitrogens with one attached hydrogen (secondary N) is 1. The van der Waals surface area contributed by atoms with E-state index in [0.29, 0.717) is 12.2 Å². The first-order valence-corrected chi connectivity index (χ1v) is 8.47. The average molecular weight is 292 g/mol. The lowest BCUT2D eigenvalue weighted by Crippen LogP contribution is -2.38. The molecule has 0 saturated heterocycles. The standard InChI is InChI=1S/C11H17FN2O2S2/c1-18(15,16)7-6-10(14-13)8-17-11-4-2-9(12)3-5-11/h2-5,10,14H,6-8,13H2,1H3. The van der Waals surface area contributed by atoms with Crippen LogP contribution in [0.1, 0.15) is 6.42 Å². The van der Waals surface area contributed by atoms with E-state index in [4.69, 9.17) is 5.84 Å². The Labute approximate surface area is 111 Å². The largest absolute Gasteiger partial charge is 0.271 e. The fourth-order valence-corrected chi connectivity index (χ4v) is 3.00. The quantitative estimate of drug-likeness (QED) is 0.448. The number of hydrazine groups is 1. The van der Waals surface area contributed by atoms with E-state index in [9.17, 15) is 12.8 Å². The number of sulfone groups is 1. The van der Waals surface area contributed by atoms with E-state index in [1.54, 1.807) is 12.1 Å². The zero-order valence-corrected chi connectivity index (χ0v) is 11.7. The third-order valence-corrected chi connectivity index (χ3v) is 4.49. The fourth-order valence-electron chi connectivity index (χ4n) is 1.30. The second-order valence-electron chi connectivity index (χ2n) is 4.05. The molecule has 0 heterocycles. The van der Waals surface area contributed by atoms with Crippen molar-refractivity contribution in [2.24, 2.45) is 5.84 Å². The van der Waals surface area contributed by atoms with Gasteiger partial charge in [0, 0.05) is 22.9 Å². The van der Waals surface area contributed by atoms with Gasteiger partial charge in [-0.05, 0) is 30.7 Å². The summed E-state index contributed by atoms with van der Waals surface area (Å²) >= 11 is 1.51. The summed E-state index contributed by atoms with van der Waals surface area (Å²) in [4.78, 5) is 0.927. The van der Waals surface area contributed by atoms with E-state index >= 15 is 0 Å². The van der Waals surface area contributed by atoms with Crippen LogP contribution < -0.4 is 11.3 Å². The number of hydrogen-bond donors (Lipinski definition) is 2. The van der Waals surface area contributed by atoms with E-state index in [-0.39, 0.29) is 17.6 Å². The van der Waals surface area contributed by atoms with Gasteiger partial charge in [0.25, 0.3) is 0 Å². The third-order valence-electron chi connectivity index (χ3n) is 2.34. The van der Waals surface area contributed by atoms with Gasteiger partial charge in [0.05, 0.1) is 5.75 Å². The van der Waals surface area contributed by atoms with Gasteiger partial charge in [0.15, 0.2) is 0 Å². The maximum absolute atomic E-state index is 12.7. The molecule has 18 heavy (non-hydrogen) atoms. The van der Waals surface area contributed by atoms with Crippen molar-refractivity contribution >= 4 is 21.6 Å². The molecule has 3 N–H and O–H groups in total. The van der Waals surface area contributed by atoms with E-state index < -0.39 is 9.84 Å². The molecule has 0 aliphatic rings. The van der Waals surface area contributed by atoms with Gasteiger partial charge in [-0.3, -0.25) is 11.3 Å². The summed E-state index contributed by atoms with van der Waals surface area (Å²) in [5, 5.41) is 0. The highest BCUT2D eigenvalue weighted by Crippen LogP contribution is 2.19. The lowest BCUT2D eigenvalue weighted by molar-refractivity contribution is 0.550. The maximum atomic E-state index is 12.7. The summed E-state index contributed by atoms with van der Waals surface area (Å²) in [5.41, 5.74) is 2.60. The second kappa shape index (κ2) is 7.08. The van der Waals surface area contributed by atoms with Crippen LogP contribution >= 0.6 is 11.8 Å². The van der Waals surface area contributed by atoms with Gasteiger partial charge in [0.1, 0.15) is 15.7 Å². The summed E-state index contributed by atoms with van der Waals surface area (Å²) < 4.78 is 34.8. The van der Waals surface area contributed by atoms with Gasteiger partial charge in [-0.1, -0.05) is 0 Å². The lowest BCUT2D eigenvalue weighted by atomic mass is 10.3. The molecule has 4 nitrogen and oxygen atoms in total. The molecule has 0 aliphatic heterocycles. The van der Waals surface area contributed by atoms with Gasteiger partial charge >= 0.3 is 0 Å². The summed E-state index contributed by atoms with van der Waals surface area (Å²) in [6.45, 7) is 0. The van der Waals surface area contributed by atoms with Crippen LogP contribution in [0.15, 0.2) is 29.2 Å². The predicted molar refractivity (Wildman–Crippen MR) is 72.6 cm³/mol. The molecule has 1 aromatic carbocycles. The van der Waals surface area contributed by atoms with Crippen molar-refractivity contribution in [3.8, 4) is 0 Å². The molecule has 0 saturated carbocycles. The monoisotopic (exact) mass is 292 g/mol. The molecule has 0 spiro atoms. The van der Waals surface area contributed by atoms with Gasteiger partial charge in [0.2, 0.25) is 0 Å². The van der Waals surface area contributed by atoms with E-state index in [0.717, 1.165) is 4.90 Å². The van der Waals surface area contributed by atoms with E-state index in [1.807, 2.05) is 0 Å². The van der Waals surface area contributed by atoms with Crippen LogP contribution in [0.2, 0.25) is 0 Å². The summed E-state index contributed by atoms with van der Waals surface area (Å²) in [5.74, 6) is 5.84. The molecule has 1 atom stereocenters. The topological polar surface area (TPSA) is 72.2 Å². The molecular formula is C11H17FN2O2S2. The molecule has 102 valence electrons. The Balaban J connectivity index is 2.42. The highest BCUT2D eigenvalue weighted by molar-refractivity contribution is 7.99. The highest BCUT2D eigenvalue weighted by Gasteiger charge is 2.11. The highest BCUT2D eigenvalue weighted by atomic mass is 32.2. The molecule has 0 radical (unpaired) electrons. The van der Waals surface area contributed by atoms with Gasteiger partial charge in [-0.2, -0.15) is 0 Å². The van der Waals surface area contributed by atoms with E-state index in [2.05, 4.69) is 5.43 Å². The maximum Gasteiger partial charge on any atom is 0.147 e. The molecule has 0 amide bonds. The number of halogens is 1. The van der Waals surface area contributed by atoms with Crippen molar-refractivity contribution in [2.75, 3.05) is 17.8 Å². The molecule has 1 unspecified atom stereocenters. The van der Waals surface area contributed by atoms with Gasteiger partial charge in [-0.25, -0.2) is 12.8 Å². The second-order valence-corrected chi connectivity index (χ2v) is 7.40. The van der Waals surface area contributed by atoms with Crippen molar-refractivity contribution in [1.29, 1.82) is 0 Å². The van der Waals surface area contributed by atoms with Crippen LogP contribution in [0.25, 0.3) is 0 Å². The number of nitrogens with two attached hydrogens (primary N) is 1. The number of hydrogen-bond acceptors (Lipinski definition) is 5. The molecule has 1 rings (SSSR count). The Hall–Kier alpha value is -0.630. The Morgan fingerprint density at radius 2 is 2.00 bits per heavy atom. The Bertz CT molecular complexity index is 462. The molecule has 0 fully saturated rings. The molecule has 7 heteroatoms. The SMILES string of the molecule is CS(=O)(=O)CCC(CSc1ccc(F)cc1)NN. The zero-order chi connectivity index (χ0) is 13.6. The van der Waals surface area contributed by atoms with Gasteiger partial charge < -0.3 is 0 Å². The van der Waals surface area contributed by atoms with Crippen LogP contribution in [0.3, 0.4) is 0 Å². The Morgan fingerprint density at radius 3 is 2.50 bits per heavy atom. The van der Waals surface area contributed by atoms with Crippen LogP contribution in [0.4, 0.5) is 4.39 Å². The Kier molecular flexibility index (Phi) is 6.07. The van der Waals surface area contributed by atoms with Crippen molar-refractivity contribution in [1.82, 2.24) is 5.43 Å². The number of rotatable bonds is 7. The van der Waals surface area contributed by atoms with Crippen molar-refractivity contribution in [3.05, 3.63) is 30.1 Å². The molecular weight excluding hydrogens is 275 g/mol. The first-order valence-electron chi connectivity index (χ1n) is 5.43. The normalized spacial score (nSPS) is 13.5. The molecule has 0 aromatic heterocycles. The zero-order valence-electron chi connectivity index (χ0n) is 10.1. The Morgan fingerprint density at radius 1 is 1.39 bits per heavy atom. The first-order chi connectivity index (χ1) is 8.40. The van der Waals surface area contributed by atoms with Crippen LogP contribution in [-0.4, -0.2) is 32.2 Å². The minimum absolute atomic E-state index is 0.0882. The third kappa shape index (κ3) is 6.34. The summed E-state index contributed by atoms with van der Waals surface area (Å²) in [6.07, 6.45) is 1.66. The predicted octanol–water partition coefficient (Wildman–Crippen LogP) is 1.18. The van der Waals surface area contributed by atoms with Crippen LogP contribution in [-0.2, 0) is 9.84 Å². The number of benzene rings is 1. The minimum atomic E-state index is -2.97. The first kappa shape index (κ1) is 15.4. The summed E-state index contributed by atoms with van der Waals surface area (Å²) in [6, 6.07) is 6.07. The average Bonchev–Trinajstić information content (AvgIpc) is 2.30. The van der Waals surface area contributed by atoms with E-state index in [1.165, 1.54) is 30.2 Å². The lowest BCUT2D eigenvalue weighted by Gasteiger charge is -2.14. The molecule has 1 aromatic rings. The smallest absolute Gasteiger partial charge is 0.147 e. The van der Waals surface area contributed by atoms with Crippen LogP contribution in [0.5, 0.6) is 0 Å². The van der Waals surface area contributed by atoms with Crippen molar-refractivity contribution in [2.45, 2.75) is 17.4 Å². The van der Waals surface area contributed by atoms with Crippen molar-refractivity contribution < 1.29 is 12.8 Å². The fraction of sp³-hybridized carbons (Fsp3) is 0.455. The van der Waals surface area contributed by atoms with Crippen LogP contribution in [0, 0.1) is 5.82 Å². The summed E-state index contributed by atoms with van der Waals surface area (Å²) in [7, 11) is -2.97. The molecule has 0 aliphatic carbocycles.